The van der Waals surface area contributed by atoms with Crippen molar-refractivity contribution in [1.29, 1.82) is 0 Å². The molecule has 0 aliphatic rings. The van der Waals surface area contributed by atoms with Gasteiger partial charge in [-0.15, -0.1) is 0 Å². The maximum Gasteiger partial charge on any atom is 0.244 e. The highest BCUT2D eigenvalue weighted by atomic mass is 32.1. The highest BCUT2D eigenvalue weighted by Gasteiger charge is 2.23. The maximum absolute atomic E-state index is 11.9. The van der Waals surface area contributed by atoms with Gasteiger partial charge in [0.25, 0.3) is 0 Å². The standard InChI is InChI=1S/C17H19NO2S/c1-13(14-6-4-3-5-7-14)10-16(19)18-12-17(2,20)15-8-9-21-11-15/h3-11,20H,12H2,1-2H3,(H,18,19). The van der Waals surface area contributed by atoms with E-state index in [2.05, 4.69) is 5.32 Å². The number of aliphatic hydroxyl groups is 1. The fourth-order valence-electron chi connectivity index (χ4n) is 1.96. The molecule has 0 aliphatic heterocycles. The third-order valence-corrected chi connectivity index (χ3v) is 4.01. The molecule has 0 spiro atoms. The lowest BCUT2D eigenvalue weighted by Crippen LogP contribution is -2.37. The first kappa shape index (κ1) is 15.5. The second-order valence-corrected chi connectivity index (χ2v) is 5.98. The molecule has 2 aromatic rings. The van der Waals surface area contributed by atoms with E-state index in [0.717, 1.165) is 16.7 Å². The van der Waals surface area contributed by atoms with E-state index < -0.39 is 5.60 Å². The molecule has 1 atom stereocenters. The normalized spacial score (nSPS) is 14.5. The lowest BCUT2D eigenvalue weighted by molar-refractivity contribution is -0.117. The van der Waals surface area contributed by atoms with Crippen LogP contribution in [0.4, 0.5) is 0 Å². The number of thiophene rings is 1. The van der Waals surface area contributed by atoms with Crippen molar-refractivity contribution >= 4 is 22.8 Å². The summed E-state index contributed by atoms with van der Waals surface area (Å²) in [6, 6.07) is 11.6. The van der Waals surface area contributed by atoms with E-state index in [1.165, 1.54) is 11.3 Å². The average Bonchev–Trinajstić information content (AvgIpc) is 3.01. The van der Waals surface area contributed by atoms with Gasteiger partial charge < -0.3 is 10.4 Å². The van der Waals surface area contributed by atoms with Gasteiger partial charge in [0.2, 0.25) is 5.91 Å². The lowest BCUT2D eigenvalue weighted by atomic mass is 9.99. The molecule has 1 heterocycles. The molecule has 0 saturated carbocycles. The van der Waals surface area contributed by atoms with Crippen LogP contribution in [0, 0.1) is 0 Å². The summed E-state index contributed by atoms with van der Waals surface area (Å²) >= 11 is 1.52. The first-order chi connectivity index (χ1) is 9.99. The van der Waals surface area contributed by atoms with Gasteiger partial charge in [0.1, 0.15) is 5.60 Å². The van der Waals surface area contributed by atoms with Gasteiger partial charge in [0, 0.05) is 6.08 Å². The Kier molecular flexibility index (Phi) is 4.94. The summed E-state index contributed by atoms with van der Waals surface area (Å²) < 4.78 is 0. The zero-order chi connectivity index (χ0) is 15.3. The monoisotopic (exact) mass is 301 g/mol. The number of allylic oxidation sites excluding steroid dienone is 1. The second kappa shape index (κ2) is 6.70. The lowest BCUT2D eigenvalue weighted by Gasteiger charge is -2.22. The smallest absolute Gasteiger partial charge is 0.244 e. The van der Waals surface area contributed by atoms with Crippen molar-refractivity contribution in [1.82, 2.24) is 5.32 Å². The molecule has 0 saturated heterocycles. The molecule has 0 radical (unpaired) electrons. The van der Waals surface area contributed by atoms with Crippen molar-refractivity contribution in [3.05, 3.63) is 64.4 Å². The van der Waals surface area contributed by atoms with Gasteiger partial charge in [-0.1, -0.05) is 30.3 Å². The van der Waals surface area contributed by atoms with Gasteiger partial charge in [-0.2, -0.15) is 11.3 Å². The Morgan fingerprint density at radius 2 is 2.05 bits per heavy atom. The SMILES string of the molecule is CC(=CC(=O)NCC(C)(O)c1ccsc1)c1ccccc1. The minimum atomic E-state index is -1.05. The van der Waals surface area contributed by atoms with Crippen LogP contribution in [0.15, 0.2) is 53.2 Å². The van der Waals surface area contributed by atoms with Crippen LogP contribution in [0.1, 0.15) is 25.0 Å². The van der Waals surface area contributed by atoms with E-state index in [1.54, 1.807) is 13.0 Å². The van der Waals surface area contributed by atoms with Crippen LogP contribution in [0.2, 0.25) is 0 Å². The molecular formula is C17H19NO2S. The Hall–Kier alpha value is -1.91. The summed E-state index contributed by atoms with van der Waals surface area (Å²) in [5.41, 5.74) is 1.67. The van der Waals surface area contributed by atoms with Crippen molar-refractivity contribution in [2.45, 2.75) is 19.4 Å². The van der Waals surface area contributed by atoms with Crippen LogP contribution in [0.25, 0.3) is 5.57 Å². The number of hydrogen-bond donors (Lipinski definition) is 2. The topological polar surface area (TPSA) is 49.3 Å². The summed E-state index contributed by atoms with van der Waals surface area (Å²) in [4.78, 5) is 11.9. The van der Waals surface area contributed by atoms with Crippen molar-refractivity contribution < 1.29 is 9.90 Å². The predicted molar refractivity (Wildman–Crippen MR) is 87.0 cm³/mol. The van der Waals surface area contributed by atoms with Crippen LogP contribution in [0.5, 0.6) is 0 Å². The van der Waals surface area contributed by atoms with Gasteiger partial charge in [-0.05, 0) is 47.4 Å². The first-order valence-corrected chi connectivity index (χ1v) is 7.70. The third-order valence-electron chi connectivity index (χ3n) is 3.33. The molecular weight excluding hydrogens is 282 g/mol. The van der Waals surface area contributed by atoms with Gasteiger partial charge >= 0.3 is 0 Å². The fraction of sp³-hybridized carbons (Fsp3) is 0.235. The quantitative estimate of drug-likeness (QED) is 0.833. The number of nitrogens with one attached hydrogen (secondary N) is 1. The van der Waals surface area contributed by atoms with Crippen LogP contribution in [-0.4, -0.2) is 17.6 Å². The molecule has 21 heavy (non-hydrogen) atoms. The van der Waals surface area contributed by atoms with Crippen LogP contribution < -0.4 is 5.32 Å². The summed E-state index contributed by atoms with van der Waals surface area (Å²) in [6.07, 6.45) is 1.55. The highest BCUT2D eigenvalue weighted by molar-refractivity contribution is 7.08. The molecule has 1 aromatic carbocycles. The fourth-order valence-corrected chi connectivity index (χ4v) is 2.75. The van der Waals surface area contributed by atoms with Crippen LogP contribution >= 0.6 is 11.3 Å². The Bertz CT molecular complexity index is 616. The van der Waals surface area contributed by atoms with Crippen molar-refractivity contribution in [3.8, 4) is 0 Å². The number of benzene rings is 1. The zero-order valence-electron chi connectivity index (χ0n) is 12.2. The predicted octanol–water partition coefficient (Wildman–Crippen LogP) is 3.18. The minimum absolute atomic E-state index is 0.182. The van der Waals surface area contributed by atoms with Crippen molar-refractivity contribution in [2.75, 3.05) is 6.54 Å². The van der Waals surface area contributed by atoms with E-state index in [4.69, 9.17) is 0 Å². The van der Waals surface area contributed by atoms with E-state index in [-0.39, 0.29) is 12.5 Å². The minimum Gasteiger partial charge on any atom is -0.384 e. The summed E-state index contributed by atoms with van der Waals surface area (Å²) in [6.45, 7) is 3.77. The Morgan fingerprint density at radius 3 is 2.67 bits per heavy atom. The summed E-state index contributed by atoms with van der Waals surface area (Å²) in [7, 11) is 0. The Balaban J connectivity index is 1.96. The molecule has 1 unspecified atom stereocenters. The Morgan fingerprint density at radius 1 is 1.33 bits per heavy atom. The largest absolute Gasteiger partial charge is 0.384 e. The van der Waals surface area contributed by atoms with E-state index >= 15 is 0 Å². The zero-order valence-corrected chi connectivity index (χ0v) is 13.0. The molecule has 0 fully saturated rings. The number of rotatable bonds is 5. The molecule has 1 aromatic heterocycles. The van der Waals surface area contributed by atoms with Gasteiger partial charge in [0.15, 0.2) is 0 Å². The molecule has 2 rings (SSSR count). The van der Waals surface area contributed by atoms with Crippen LogP contribution in [0.3, 0.4) is 0 Å². The summed E-state index contributed by atoms with van der Waals surface area (Å²) in [5, 5.41) is 16.9. The number of carbonyl (C=O) groups is 1. The maximum atomic E-state index is 11.9. The third kappa shape index (κ3) is 4.28. The summed E-state index contributed by atoms with van der Waals surface area (Å²) in [5.74, 6) is -0.202. The molecule has 2 N–H and O–H groups in total. The average molecular weight is 301 g/mol. The second-order valence-electron chi connectivity index (χ2n) is 5.20. The first-order valence-electron chi connectivity index (χ1n) is 6.75. The number of amides is 1. The molecule has 1 amide bonds. The van der Waals surface area contributed by atoms with E-state index in [9.17, 15) is 9.90 Å². The van der Waals surface area contributed by atoms with Crippen molar-refractivity contribution in [2.24, 2.45) is 0 Å². The number of carbonyl (C=O) groups excluding carboxylic acids is 1. The van der Waals surface area contributed by atoms with Gasteiger partial charge in [-0.25, -0.2) is 0 Å². The van der Waals surface area contributed by atoms with E-state index in [0.29, 0.717) is 0 Å². The molecule has 0 aliphatic carbocycles. The van der Waals surface area contributed by atoms with Crippen LogP contribution in [-0.2, 0) is 10.4 Å². The van der Waals surface area contributed by atoms with E-state index in [1.807, 2.05) is 54.1 Å². The van der Waals surface area contributed by atoms with Crippen molar-refractivity contribution in [3.63, 3.8) is 0 Å². The molecule has 0 bridgehead atoms. The molecule has 110 valence electrons. The highest BCUT2D eigenvalue weighted by Crippen LogP contribution is 2.22. The number of hydrogen-bond acceptors (Lipinski definition) is 3. The van der Waals surface area contributed by atoms with Gasteiger partial charge in [-0.3, -0.25) is 4.79 Å². The Labute approximate surface area is 128 Å². The molecule has 3 nitrogen and oxygen atoms in total. The van der Waals surface area contributed by atoms with Gasteiger partial charge in [0.05, 0.1) is 6.54 Å². The molecule has 4 heteroatoms.